The Morgan fingerprint density at radius 1 is 0.958 bits per heavy atom. The van der Waals surface area contributed by atoms with Gasteiger partial charge in [0, 0.05) is 16.8 Å². The van der Waals surface area contributed by atoms with Crippen LogP contribution in [0.4, 0.5) is 5.69 Å². The maximum atomic E-state index is 12.6. The normalized spacial score (nSPS) is 15.3. The molecule has 5 heteroatoms. The molecular formula is C19H17NO4. The van der Waals surface area contributed by atoms with Crippen molar-refractivity contribution in [1.82, 2.24) is 0 Å². The topological polar surface area (TPSA) is 83.5 Å². The van der Waals surface area contributed by atoms with Gasteiger partial charge in [-0.3, -0.25) is 14.4 Å². The molecule has 1 amide bonds. The monoisotopic (exact) mass is 323 g/mol. The Kier molecular flexibility index (Phi) is 3.61. The van der Waals surface area contributed by atoms with E-state index in [1.807, 2.05) is 32.9 Å². The van der Waals surface area contributed by atoms with Gasteiger partial charge in [0.1, 0.15) is 0 Å². The van der Waals surface area contributed by atoms with Crippen molar-refractivity contribution in [2.45, 2.75) is 26.4 Å². The number of anilines is 1. The molecule has 0 fully saturated rings. The van der Waals surface area contributed by atoms with E-state index >= 15 is 0 Å². The van der Waals surface area contributed by atoms with E-state index in [4.69, 9.17) is 0 Å². The number of Topliss-reactive ketones (excluding diaryl/α,β-unsaturated/α-hetero) is 2. The molecule has 0 saturated carbocycles. The standard InChI is InChI=1S/C19H17NO4/c1-10-8-11(2)15(12(3)9-10)20-18(23)19(24)16(21)13-6-4-5-7-14(13)17(19)22/h4-9,24H,1-3H3,(H,20,23). The minimum Gasteiger partial charge on any atom is -0.367 e. The molecule has 0 radical (unpaired) electrons. The second-order valence-corrected chi connectivity index (χ2v) is 6.14. The van der Waals surface area contributed by atoms with Gasteiger partial charge in [-0.2, -0.15) is 0 Å². The summed E-state index contributed by atoms with van der Waals surface area (Å²) in [5.74, 6) is -2.80. The molecule has 0 bridgehead atoms. The smallest absolute Gasteiger partial charge is 0.272 e. The molecule has 1 aliphatic rings. The van der Waals surface area contributed by atoms with Crippen LogP contribution in [0.3, 0.4) is 0 Å². The molecule has 3 rings (SSSR count). The van der Waals surface area contributed by atoms with Crippen molar-refractivity contribution in [3.8, 4) is 0 Å². The number of hydrogen-bond acceptors (Lipinski definition) is 4. The van der Waals surface area contributed by atoms with Gasteiger partial charge >= 0.3 is 0 Å². The summed E-state index contributed by atoms with van der Waals surface area (Å²) < 4.78 is 0. The van der Waals surface area contributed by atoms with Crippen LogP contribution in [0.25, 0.3) is 0 Å². The Labute approximate surface area is 139 Å². The lowest BCUT2D eigenvalue weighted by Crippen LogP contribution is -2.52. The van der Waals surface area contributed by atoms with Crippen molar-refractivity contribution < 1.29 is 19.5 Å². The van der Waals surface area contributed by atoms with Crippen LogP contribution in [0, 0.1) is 20.8 Å². The first-order valence-corrected chi connectivity index (χ1v) is 7.57. The summed E-state index contributed by atoms with van der Waals surface area (Å²) in [6.07, 6.45) is 0. The number of carbonyl (C=O) groups excluding carboxylic acids is 3. The predicted octanol–water partition coefficient (Wildman–Crippen LogP) is 2.36. The molecule has 0 spiro atoms. The van der Waals surface area contributed by atoms with Gasteiger partial charge in [0.05, 0.1) is 0 Å². The number of aryl methyl sites for hydroxylation is 3. The van der Waals surface area contributed by atoms with E-state index in [0.29, 0.717) is 5.69 Å². The molecule has 2 aromatic carbocycles. The number of benzene rings is 2. The van der Waals surface area contributed by atoms with Crippen LogP contribution in [-0.2, 0) is 4.79 Å². The van der Waals surface area contributed by atoms with Crippen molar-refractivity contribution in [2.75, 3.05) is 5.32 Å². The second-order valence-electron chi connectivity index (χ2n) is 6.14. The van der Waals surface area contributed by atoms with Gasteiger partial charge in [-0.15, -0.1) is 0 Å². The minimum atomic E-state index is -2.71. The molecule has 0 heterocycles. The van der Waals surface area contributed by atoms with Gasteiger partial charge in [-0.05, 0) is 31.9 Å². The highest BCUT2D eigenvalue weighted by Gasteiger charge is 2.57. The van der Waals surface area contributed by atoms with Crippen molar-refractivity contribution >= 4 is 23.2 Å². The lowest BCUT2D eigenvalue weighted by molar-refractivity contribution is -0.126. The first-order chi connectivity index (χ1) is 11.3. The third-order valence-corrected chi connectivity index (χ3v) is 4.32. The summed E-state index contributed by atoms with van der Waals surface area (Å²) in [7, 11) is 0. The average molecular weight is 323 g/mol. The highest BCUT2D eigenvalue weighted by atomic mass is 16.3. The van der Waals surface area contributed by atoms with E-state index in [9.17, 15) is 19.5 Å². The summed E-state index contributed by atoms with van der Waals surface area (Å²) in [6, 6.07) is 9.79. The van der Waals surface area contributed by atoms with Crippen LogP contribution in [0.15, 0.2) is 36.4 Å². The highest BCUT2D eigenvalue weighted by molar-refractivity contribution is 6.43. The maximum absolute atomic E-state index is 12.6. The zero-order chi connectivity index (χ0) is 17.6. The van der Waals surface area contributed by atoms with Gasteiger partial charge in [0.2, 0.25) is 11.6 Å². The molecule has 0 aromatic heterocycles. The average Bonchev–Trinajstić information content (AvgIpc) is 2.74. The molecule has 0 atom stereocenters. The fourth-order valence-electron chi connectivity index (χ4n) is 3.16. The zero-order valence-electron chi connectivity index (χ0n) is 13.6. The van der Waals surface area contributed by atoms with Gasteiger partial charge in [0.15, 0.2) is 0 Å². The van der Waals surface area contributed by atoms with Gasteiger partial charge in [0.25, 0.3) is 11.5 Å². The number of amides is 1. The molecule has 122 valence electrons. The van der Waals surface area contributed by atoms with E-state index in [1.54, 1.807) is 12.1 Å². The number of carbonyl (C=O) groups is 3. The van der Waals surface area contributed by atoms with Crippen molar-refractivity contribution in [1.29, 1.82) is 0 Å². The van der Waals surface area contributed by atoms with Crippen LogP contribution in [-0.4, -0.2) is 28.2 Å². The van der Waals surface area contributed by atoms with Crippen molar-refractivity contribution in [3.63, 3.8) is 0 Å². The Morgan fingerprint density at radius 3 is 1.88 bits per heavy atom. The first kappa shape index (κ1) is 16.1. The fourth-order valence-corrected chi connectivity index (χ4v) is 3.16. The zero-order valence-corrected chi connectivity index (χ0v) is 13.6. The van der Waals surface area contributed by atoms with Crippen LogP contribution >= 0.6 is 0 Å². The molecule has 2 aromatic rings. The Balaban J connectivity index is 2.00. The Hall–Kier alpha value is -2.79. The summed E-state index contributed by atoms with van der Waals surface area (Å²) in [5, 5.41) is 13.2. The lowest BCUT2D eigenvalue weighted by Gasteiger charge is -2.20. The number of aliphatic hydroxyl groups is 1. The summed E-state index contributed by atoms with van der Waals surface area (Å²) in [6.45, 7) is 5.55. The highest BCUT2D eigenvalue weighted by Crippen LogP contribution is 2.32. The Morgan fingerprint density at radius 2 is 1.42 bits per heavy atom. The molecular weight excluding hydrogens is 306 g/mol. The van der Waals surface area contributed by atoms with Gasteiger partial charge in [-0.25, -0.2) is 0 Å². The van der Waals surface area contributed by atoms with Crippen LogP contribution in [0.1, 0.15) is 37.4 Å². The maximum Gasteiger partial charge on any atom is 0.272 e. The van der Waals surface area contributed by atoms with Gasteiger partial charge in [-0.1, -0.05) is 42.0 Å². The summed E-state index contributed by atoms with van der Waals surface area (Å²) >= 11 is 0. The molecule has 5 nitrogen and oxygen atoms in total. The largest absolute Gasteiger partial charge is 0.367 e. The third kappa shape index (κ3) is 2.17. The van der Waals surface area contributed by atoms with Crippen molar-refractivity contribution in [3.05, 3.63) is 64.2 Å². The first-order valence-electron chi connectivity index (χ1n) is 7.57. The summed E-state index contributed by atoms with van der Waals surface area (Å²) in [5.41, 5.74) is 0.528. The van der Waals surface area contributed by atoms with E-state index in [0.717, 1.165) is 16.7 Å². The van der Waals surface area contributed by atoms with Crippen LogP contribution in [0.5, 0.6) is 0 Å². The van der Waals surface area contributed by atoms with Crippen molar-refractivity contribution in [2.24, 2.45) is 0 Å². The van der Waals surface area contributed by atoms with E-state index in [2.05, 4.69) is 5.32 Å². The van der Waals surface area contributed by atoms with Gasteiger partial charge < -0.3 is 10.4 Å². The fraction of sp³-hybridized carbons (Fsp3) is 0.211. The Bertz CT molecular complexity index is 840. The predicted molar refractivity (Wildman–Crippen MR) is 89.3 cm³/mol. The van der Waals surface area contributed by atoms with E-state index in [1.165, 1.54) is 12.1 Å². The summed E-state index contributed by atoms with van der Waals surface area (Å²) in [4.78, 5) is 37.5. The quantitative estimate of drug-likeness (QED) is 0.831. The second kappa shape index (κ2) is 5.39. The molecule has 0 unspecified atom stereocenters. The van der Waals surface area contributed by atoms with E-state index in [-0.39, 0.29) is 11.1 Å². The molecule has 24 heavy (non-hydrogen) atoms. The number of hydrogen-bond donors (Lipinski definition) is 2. The van der Waals surface area contributed by atoms with E-state index < -0.39 is 23.1 Å². The number of ketones is 2. The van der Waals surface area contributed by atoms with Crippen LogP contribution < -0.4 is 5.32 Å². The lowest BCUT2D eigenvalue weighted by atomic mass is 9.96. The number of fused-ring (bicyclic) bond motifs is 1. The molecule has 0 aliphatic heterocycles. The molecule has 2 N–H and O–H groups in total. The number of rotatable bonds is 2. The SMILES string of the molecule is Cc1cc(C)c(NC(=O)C2(O)C(=O)c3ccccc3C2=O)c(C)c1. The number of nitrogens with one attached hydrogen (secondary N) is 1. The minimum absolute atomic E-state index is 0.0671. The van der Waals surface area contributed by atoms with Crippen LogP contribution in [0.2, 0.25) is 0 Å². The molecule has 1 aliphatic carbocycles. The molecule has 0 saturated heterocycles. The third-order valence-electron chi connectivity index (χ3n) is 4.32.